The van der Waals surface area contributed by atoms with Crippen molar-refractivity contribution in [2.75, 3.05) is 27.4 Å². The Morgan fingerprint density at radius 2 is 2.13 bits per heavy atom. The zero-order valence-corrected chi connectivity index (χ0v) is 9.36. The minimum Gasteiger partial charge on any atom is -0.480 e. The molecule has 0 saturated heterocycles. The largest absolute Gasteiger partial charge is 0.480 e. The highest BCUT2D eigenvalue weighted by Crippen LogP contribution is 2.19. The van der Waals surface area contributed by atoms with E-state index in [0.29, 0.717) is 19.1 Å². The average molecular weight is 211 g/mol. The summed E-state index contributed by atoms with van der Waals surface area (Å²) in [7, 11) is 3.44. The highest BCUT2D eigenvalue weighted by molar-refractivity contribution is 5.21. The van der Waals surface area contributed by atoms with Crippen molar-refractivity contribution in [2.45, 2.75) is 13.0 Å². The van der Waals surface area contributed by atoms with Crippen LogP contribution < -0.4 is 10.1 Å². The van der Waals surface area contributed by atoms with Crippen molar-refractivity contribution in [2.24, 2.45) is 0 Å². The van der Waals surface area contributed by atoms with Gasteiger partial charge in [0.05, 0.1) is 19.8 Å². The van der Waals surface area contributed by atoms with Gasteiger partial charge in [-0.05, 0) is 14.0 Å². The smallest absolute Gasteiger partial charge is 0.237 e. The number of rotatable bonds is 6. The summed E-state index contributed by atoms with van der Waals surface area (Å²) in [4.78, 5) is 8.34. The number of ether oxygens (including phenoxy) is 2. The van der Waals surface area contributed by atoms with Gasteiger partial charge >= 0.3 is 0 Å². The molecule has 84 valence electrons. The summed E-state index contributed by atoms with van der Waals surface area (Å²) in [6, 6.07) is 0.00796. The van der Waals surface area contributed by atoms with Crippen LogP contribution in [0.4, 0.5) is 0 Å². The third-order valence-electron chi connectivity index (χ3n) is 2.05. The quantitative estimate of drug-likeness (QED) is 0.753. The fraction of sp³-hybridized carbons (Fsp3) is 0.600. The van der Waals surface area contributed by atoms with Gasteiger partial charge in [-0.3, -0.25) is 4.98 Å². The molecule has 15 heavy (non-hydrogen) atoms. The summed E-state index contributed by atoms with van der Waals surface area (Å²) in [6.45, 7) is 3.20. The Balaban J connectivity index is 2.80. The number of hydrogen-bond acceptors (Lipinski definition) is 5. The first-order valence-corrected chi connectivity index (χ1v) is 4.93. The van der Waals surface area contributed by atoms with E-state index in [2.05, 4.69) is 15.3 Å². The molecule has 0 radical (unpaired) electrons. The average Bonchev–Trinajstić information content (AvgIpc) is 2.30. The van der Waals surface area contributed by atoms with Gasteiger partial charge in [-0.25, -0.2) is 4.98 Å². The fourth-order valence-corrected chi connectivity index (χ4v) is 1.27. The summed E-state index contributed by atoms with van der Waals surface area (Å²) in [5.41, 5.74) is 0.774. The lowest BCUT2D eigenvalue weighted by atomic mass is 10.2. The van der Waals surface area contributed by atoms with E-state index in [-0.39, 0.29) is 6.04 Å². The van der Waals surface area contributed by atoms with E-state index >= 15 is 0 Å². The number of hydrogen-bond donors (Lipinski definition) is 1. The van der Waals surface area contributed by atoms with Gasteiger partial charge < -0.3 is 14.8 Å². The van der Waals surface area contributed by atoms with Crippen LogP contribution >= 0.6 is 0 Å². The van der Waals surface area contributed by atoms with Crippen molar-refractivity contribution in [3.63, 3.8) is 0 Å². The summed E-state index contributed by atoms with van der Waals surface area (Å²) >= 11 is 0. The second kappa shape index (κ2) is 6.31. The lowest BCUT2D eigenvalue weighted by Gasteiger charge is -2.16. The first kappa shape index (κ1) is 11.9. The first-order chi connectivity index (χ1) is 7.33. The third kappa shape index (κ3) is 3.14. The molecule has 0 aromatic carbocycles. The molecule has 0 amide bonds. The van der Waals surface area contributed by atoms with Crippen LogP contribution in [0.2, 0.25) is 0 Å². The molecule has 0 fully saturated rings. The molecule has 0 aliphatic rings. The fourth-order valence-electron chi connectivity index (χ4n) is 1.27. The van der Waals surface area contributed by atoms with Crippen LogP contribution in [0.3, 0.4) is 0 Å². The summed E-state index contributed by atoms with van der Waals surface area (Å²) in [5, 5.41) is 3.12. The zero-order valence-electron chi connectivity index (χ0n) is 9.36. The molecule has 1 aromatic rings. The second-order valence-electron chi connectivity index (χ2n) is 2.95. The monoisotopic (exact) mass is 211 g/mol. The number of nitrogens with one attached hydrogen (secondary N) is 1. The Bertz CT molecular complexity index is 294. The van der Waals surface area contributed by atoms with Crippen molar-refractivity contribution < 1.29 is 9.47 Å². The molecule has 0 bridgehead atoms. The van der Waals surface area contributed by atoms with Crippen molar-refractivity contribution in [3.8, 4) is 5.88 Å². The SMILES string of the molecule is CCOCC(NC)c1nccnc1OC. The molecule has 5 heteroatoms. The number of aromatic nitrogens is 2. The van der Waals surface area contributed by atoms with Gasteiger partial charge in [-0.15, -0.1) is 0 Å². The lowest BCUT2D eigenvalue weighted by Crippen LogP contribution is -2.23. The topological polar surface area (TPSA) is 56.3 Å². The van der Waals surface area contributed by atoms with Crippen LogP contribution in [-0.4, -0.2) is 37.3 Å². The van der Waals surface area contributed by atoms with Crippen LogP contribution in [-0.2, 0) is 4.74 Å². The lowest BCUT2D eigenvalue weighted by molar-refractivity contribution is 0.123. The minimum absolute atomic E-state index is 0.00796. The van der Waals surface area contributed by atoms with E-state index in [1.165, 1.54) is 0 Å². The molecule has 5 nitrogen and oxygen atoms in total. The molecular formula is C10H17N3O2. The van der Waals surface area contributed by atoms with Gasteiger partial charge in [0.1, 0.15) is 5.69 Å². The normalized spacial score (nSPS) is 12.5. The Morgan fingerprint density at radius 1 is 1.40 bits per heavy atom. The van der Waals surface area contributed by atoms with E-state index in [0.717, 1.165) is 5.69 Å². The van der Waals surface area contributed by atoms with Gasteiger partial charge in [0, 0.05) is 19.0 Å². The molecule has 1 rings (SSSR count). The standard InChI is InChI=1S/C10H17N3O2/c1-4-15-7-8(11-2)9-10(14-3)13-6-5-12-9/h5-6,8,11H,4,7H2,1-3H3. The summed E-state index contributed by atoms with van der Waals surface area (Å²) in [5.74, 6) is 0.538. The van der Waals surface area contributed by atoms with Crippen LogP contribution in [0.5, 0.6) is 5.88 Å². The maximum absolute atomic E-state index is 5.35. The van der Waals surface area contributed by atoms with Crippen LogP contribution in [0.15, 0.2) is 12.4 Å². The molecule has 0 saturated carbocycles. The van der Waals surface area contributed by atoms with Gasteiger partial charge in [0.25, 0.3) is 0 Å². The Hall–Kier alpha value is -1.20. The highest BCUT2D eigenvalue weighted by atomic mass is 16.5. The van der Waals surface area contributed by atoms with E-state index in [9.17, 15) is 0 Å². The molecule has 1 heterocycles. The highest BCUT2D eigenvalue weighted by Gasteiger charge is 2.16. The van der Waals surface area contributed by atoms with Gasteiger partial charge in [0.15, 0.2) is 0 Å². The van der Waals surface area contributed by atoms with Crippen LogP contribution in [0, 0.1) is 0 Å². The molecule has 1 aromatic heterocycles. The van der Waals surface area contributed by atoms with Gasteiger partial charge in [-0.1, -0.05) is 0 Å². The van der Waals surface area contributed by atoms with Crippen molar-refractivity contribution in [1.29, 1.82) is 0 Å². The number of methoxy groups -OCH3 is 1. The van der Waals surface area contributed by atoms with Crippen molar-refractivity contribution in [3.05, 3.63) is 18.1 Å². The van der Waals surface area contributed by atoms with Crippen LogP contribution in [0.25, 0.3) is 0 Å². The van der Waals surface area contributed by atoms with Crippen LogP contribution in [0.1, 0.15) is 18.7 Å². The predicted octanol–water partition coefficient (Wildman–Crippen LogP) is 0.782. The van der Waals surface area contributed by atoms with E-state index in [1.54, 1.807) is 19.5 Å². The molecule has 0 aliphatic heterocycles. The molecule has 1 unspecified atom stereocenters. The molecule has 1 N–H and O–H groups in total. The van der Waals surface area contributed by atoms with Crippen molar-refractivity contribution in [1.82, 2.24) is 15.3 Å². The van der Waals surface area contributed by atoms with E-state index in [4.69, 9.17) is 9.47 Å². The minimum atomic E-state index is 0.00796. The molecule has 0 spiro atoms. The maximum atomic E-state index is 5.35. The molecule has 1 atom stereocenters. The molecular weight excluding hydrogens is 194 g/mol. The molecule has 0 aliphatic carbocycles. The number of nitrogens with zero attached hydrogens (tertiary/aromatic N) is 2. The summed E-state index contributed by atoms with van der Waals surface area (Å²) < 4.78 is 10.5. The second-order valence-corrected chi connectivity index (χ2v) is 2.95. The number of likely N-dealkylation sites (N-methyl/N-ethyl adjacent to an activating group) is 1. The summed E-state index contributed by atoms with van der Waals surface area (Å²) in [6.07, 6.45) is 3.25. The third-order valence-corrected chi connectivity index (χ3v) is 2.05. The van der Waals surface area contributed by atoms with Gasteiger partial charge in [-0.2, -0.15) is 0 Å². The van der Waals surface area contributed by atoms with Crippen molar-refractivity contribution >= 4 is 0 Å². The Kier molecular flexibility index (Phi) is 5.00. The first-order valence-electron chi connectivity index (χ1n) is 4.93. The zero-order chi connectivity index (χ0) is 11.1. The van der Waals surface area contributed by atoms with Gasteiger partial charge in [0.2, 0.25) is 5.88 Å². The van der Waals surface area contributed by atoms with E-state index in [1.807, 2.05) is 14.0 Å². The van der Waals surface area contributed by atoms with E-state index < -0.39 is 0 Å². The Morgan fingerprint density at radius 3 is 2.73 bits per heavy atom. The maximum Gasteiger partial charge on any atom is 0.237 e. The Labute approximate surface area is 89.8 Å². The predicted molar refractivity (Wildman–Crippen MR) is 56.9 cm³/mol.